The van der Waals surface area contributed by atoms with Gasteiger partial charge in [0, 0.05) is 17.8 Å². The number of halogens is 1. The lowest BCUT2D eigenvalue weighted by Gasteiger charge is -2.13. The van der Waals surface area contributed by atoms with Crippen LogP contribution in [0.1, 0.15) is 18.9 Å². The highest BCUT2D eigenvalue weighted by molar-refractivity contribution is 7.90. The second-order valence-corrected chi connectivity index (χ2v) is 9.04. The number of aryl methyl sites for hydroxylation is 1. The lowest BCUT2D eigenvalue weighted by molar-refractivity contribution is -0.142. The number of benzene rings is 2. The first-order valence-electron chi connectivity index (χ1n) is 10.6. The predicted molar refractivity (Wildman–Crippen MR) is 129 cm³/mol. The molecule has 0 bridgehead atoms. The highest BCUT2D eigenvalue weighted by Crippen LogP contribution is 2.25. The van der Waals surface area contributed by atoms with E-state index < -0.39 is 27.7 Å². The topological polar surface area (TPSA) is 149 Å². The Labute approximate surface area is 207 Å². The molecule has 0 aliphatic heterocycles. The number of esters is 1. The van der Waals surface area contributed by atoms with Crippen molar-refractivity contribution in [2.75, 3.05) is 24.4 Å². The van der Waals surface area contributed by atoms with Gasteiger partial charge in [0.25, 0.3) is 10.0 Å². The summed E-state index contributed by atoms with van der Waals surface area (Å²) in [5.41, 5.74) is 1.23. The number of rotatable bonds is 10. The van der Waals surface area contributed by atoms with Crippen molar-refractivity contribution in [1.82, 2.24) is 14.7 Å². The second-order valence-electron chi connectivity index (χ2n) is 7.39. The molecule has 13 heteroatoms. The number of ether oxygens (including phenoxy) is 2. The third-order valence-corrected chi connectivity index (χ3v) is 6.26. The van der Waals surface area contributed by atoms with E-state index in [1.807, 2.05) is 4.72 Å². The van der Waals surface area contributed by atoms with Gasteiger partial charge in [-0.25, -0.2) is 27.3 Å². The summed E-state index contributed by atoms with van der Waals surface area (Å²) in [6, 6.07) is 10.8. The second kappa shape index (κ2) is 11.4. The minimum atomic E-state index is -4.08. The molecule has 0 aliphatic rings. The van der Waals surface area contributed by atoms with Crippen molar-refractivity contribution in [2.24, 2.45) is 0 Å². The Bertz CT molecular complexity index is 1370. The summed E-state index contributed by atoms with van der Waals surface area (Å²) in [7, 11) is -2.82. The number of nitrogens with zero attached hydrogens (tertiary/aromatic N) is 2. The van der Waals surface area contributed by atoms with Crippen LogP contribution in [-0.2, 0) is 24.3 Å². The van der Waals surface area contributed by atoms with Crippen LogP contribution in [0.4, 0.5) is 27.5 Å². The zero-order chi connectivity index (χ0) is 26.3. The number of carbonyl (C=O) groups is 2. The van der Waals surface area contributed by atoms with Gasteiger partial charge in [0.1, 0.15) is 5.75 Å². The van der Waals surface area contributed by atoms with E-state index >= 15 is 0 Å². The number of hydrogen-bond donors (Lipinski definition) is 3. The number of anilines is 4. The van der Waals surface area contributed by atoms with Gasteiger partial charge in [-0.2, -0.15) is 4.98 Å². The van der Waals surface area contributed by atoms with Crippen LogP contribution in [0.15, 0.2) is 53.6 Å². The molecule has 0 spiro atoms. The Morgan fingerprint density at radius 1 is 1.06 bits per heavy atom. The summed E-state index contributed by atoms with van der Waals surface area (Å²) in [5.74, 6) is -1.59. The van der Waals surface area contributed by atoms with Crippen molar-refractivity contribution in [2.45, 2.75) is 25.2 Å². The molecule has 3 N–H and O–H groups in total. The van der Waals surface area contributed by atoms with Gasteiger partial charge in [0.05, 0.1) is 18.2 Å². The lowest BCUT2D eigenvalue weighted by atomic mass is 10.2. The third-order valence-electron chi connectivity index (χ3n) is 4.75. The molecule has 190 valence electrons. The van der Waals surface area contributed by atoms with Gasteiger partial charge in [-0.1, -0.05) is 13.0 Å². The number of methoxy groups -OCH3 is 1. The van der Waals surface area contributed by atoms with Crippen molar-refractivity contribution in [3.05, 3.63) is 60.0 Å². The molecule has 1 aromatic heterocycles. The smallest absolute Gasteiger partial charge is 0.343 e. The van der Waals surface area contributed by atoms with Crippen LogP contribution in [0.5, 0.6) is 5.75 Å². The van der Waals surface area contributed by atoms with Gasteiger partial charge in [-0.05, 0) is 48.9 Å². The molecule has 3 rings (SSSR count). The molecule has 2 aromatic carbocycles. The first-order valence-corrected chi connectivity index (χ1v) is 12.1. The Kier molecular flexibility index (Phi) is 8.38. The molecule has 0 atom stereocenters. The van der Waals surface area contributed by atoms with Gasteiger partial charge in [0.2, 0.25) is 11.9 Å². The average molecular weight is 518 g/mol. The van der Waals surface area contributed by atoms with E-state index in [1.165, 1.54) is 13.2 Å². The highest BCUT2D eigenvalue weighted by atomic mass is 32.2. The van der Waals surface area contributed by atoms with E-state index in [4.69, 9.17) is 4.74 Å². The fraction of sp³-hybridized carbons (Fsp3) is 0.217. The molecule has 3 aromatic rings. The van der Waals surface area contributed by atoms with Crippen LogP contribution in [0, 0.1) is 12.7 Å². The predicted octanol–water partition coefficient (Wildman–Crippen LogP) is 3.18. The minimum absolute atomic E-state index is 0.00160. The third kappa shape index (κ3) is 6.88. The normalized spacial score (nSPS) is 10.9. The van der Waals surface area contributed by atoms with Crippen LogP contribution >= 0.6 is 0 Å². The van der Waals surface area contributed by atoms with Crippen LogP contribution in [0.3, 0.4) is 0 Å². The fourth-order valence-corrected chi connectivity index (χ4v) is 4.19. The summed E-state index contributed by atoms with van der Waals surface area (Å²) >= 11 is 0. The van der Waals surface area contributed by atoms with Gasteiger partial charge >= 0.3 is 5.97 Å². The van der Waals surface area contributed by atoms with Gasteiger partial charge in [-0.3, -0.25) is 4.79 Å². The Hall–Kier alpha value is -4.26. The van der Waals surface area contributed by atoms with Gasteiger partial charge < -0.3 is 20.1 Å². The first kappa shape index (κ1) is 26.3. The Morgan fingerprint density at radius 3 is 2.42 bits per heavy atom. The SMILES string of the molecule is CCC(=O)NS(=O)(=O)c1cc(Nc2ncc(F)c(Nc3ccc(OCC(=O)OC)cc3)n2)ccc1C. The number of hydrogen-bond acceptors (Lipinski definition) is 10. The minimum Gasteiger partial charge on any atom is -0.482 e. The maximum Gasteiger partial charge on any atom is 0.343 e. The summed E-state index contributed by atoms with van der Waals surface area (Å²) in [6.07, 6.45) is 0.970. The number of aromatic nitrogens is 2. The molecule has 0 saturated heterocycles. The van der Waals surface area contributed by atoms with Crippen LogP contribution < -0.4 is 20.1 Å². The van der Waals surface area contributed by atoms with Gasteiger partial charge in [-0.15, -0.1) is 0 Å². The highest BCUT2D eigenvalue weighted by Gasteiger charge is 2.20. The van der Waals surface area contributed by atoms with Crippen LogP contribution in [0.25, 0.3) is 0 Å². The molecule has 0 unspecified atom stereocenters. The molecule has 0 saturated carbocycles. The van der Waals surface area contributed by atoms with Gasteiger partial charge in [0.15, 0.2) is 18.2 Å². The number of sulfonamides is 1. The molecular weight excluding hydrogens is 493 g/mol. The summed E-state index contributed by atoms with van der Waals surface area (Å²) < 4.78 is 51.2. The van der Waals surface area contributed by atoms with E-state index in [0.29, 0.717) is 22.7 Å². The molecule has 0 aliphatic carbocycles. The maximum atomic E-state index is 14.3. The van der Waals surface area contributed by atoms with E-state index in [9.17, 15) is 22.4 Å². The Morgan fingerprint density at radius 2 is 1.75 bits per heavy atom. The van der Waals surface area contributed by atoms with Crippen molar-refractivity contribution >= 4 is 45.0 Å². The van der Waals surface area contributed by atoms with Crippen molar-refractivity contribution in [3.8, 4) is 5.75 Å². The van der Waals surface area contributed by atoms with E-state index in [1.54, 1.807) is 50.2 Å². The summed E-state index contributed by atoms with van der Waals surface area (Å²) in [5, 5.41) is 5.65. The first-order chi connectivity index (χ1) is 17.1. The van der Waals surface area contributed by atoms with Crippen molar-refractivity contribution in [3.63, 3.8) is 0 Å². The molecule has 1 heterocycles. The molecule has 0 fully saturated rings. The number of carbonyl (C=O) groups excluding carboxylic acids is 2. The maximum absolute atomic E-state index is 14.3. The lowest BCUT2D eigenvalue weighted by Crippen LogP contribution is -2.30. The average Bonchev–Trinajstić information content (AvgIpc) is 2.86. The largest absolute Gasteiger partial charge is 0.482 e. The van der Waals surface area contributed by atoms with Crippen molar-refractivity contribution in [1.29, 1.82) is 0 Å². The monoisotopic (exact) mass is 517 g/mol. The van der Waals surface area contributed by atoms with E-state index in [2.05, 4.69) is 25.3 Å². The van der Waals surface area contributed by atoms with Crippen LogP contribution in [-0.4, -0.2) is 44.0 Å². The zero-order valence-electron chi connectivity index (χ0n) is 19.7. The zero-order valence-corrected chi connectivity index (χ0v) is 20.5. The molecule has 0 radical (unpaired) electrons. The standard InChI is InChI=1S/C23H24FN5O6S/c1-4-20(30)29-36(32,33)19-11-16(6-5-14(19)2)27-23-25-12-18(24)22(28-23)26-15-7-9-17(10-8-15)35-13-21(31)34-3/h5-12H,4,13H2,1-3H3,(H,29,30)(H2,25,26,27,28). The van der Waals surface area contributed by atoms with E-state index in [0.717, 1.165) is 6.20 Å². The number of nitrogens with one attached hydrogen (secondary N) is 3. The Balaban J connectivity index is 1.76. The quantitative estimate of drug-likeness (QED) is 0.342. The molecule has 36 heavy (non-hydrogen) atoms. The summed E-state index contributed by atoms with van der Waals surface area (Å²) in [6.45, 7) is 2.89. The molecule has 1 amide bonds. The number of amides is 1. The van der Waals surface area contributed by atoms with Crippen molar-refractivity contribution < 1.29 is 31.9 Å². The van der Waals surface area contributed by atoms with E-state index in [-0.39, 0.29) is 29.7 Å². The molecular formula is C23H24FN5O6S. The molecule has 11 nitrogen and oxygen atoms in total. The summed E-state index contributed by atoms with van der Waals surface area (Å²) in [4.78, 5) is 30.7. The fourth-order valence-electron chi connectivity index (χ4n) is 2.86. The van der Waals surface area contributed by atoms with Crippen LogP contribution in [0.2, 0.25) is 0 Å².